The van der Waals surface area contributed by atoms with Gasteiger partial charge in [0.25, 0.3) is 5.91 Å². The lowest BCUT2D eigenvalue weighted by molar-refractivity contribution is 0.102. The lowest BCUT2D eigenvalue weighted by Gasteiger charge is -2.30. The molecule has 1 saturated heterocycles. The highest BCUT2D eigenvalue weighted by molar-refractivity contribution is 6.07. The van der Waals surface area contributed by atoms with Gasteiger partial charge in [-0.15, -0.1) is 0 Å². The Morgan fingerprint density at radius 1 is 1.19 bits per heavy atom. The molecular weight excluding hydrogens is 342 g/mol. The second-order valence-electron chi connectivity index (χ2n) is 6.89. The van der Waals surface area contributed by atoms with Crippen LogP contribution in [0.2, 0.25) is 0 Å². The van der Waals surface area contributed by atoms with Gasteiger partial charge in [0, 0.05) is 30.7 Å². The summed E-state index contributed by atoms with van der Waals surface area (Å²) in [4.78, 5) is 19.5. The Balaban J connectivity index is 1.58. The maximum Gasteiger partial charge on any atom is 0.257 e. The van der Waals surface area contributed by atoms with Crippen molar-refractivity contribution in [1.82, 2.24) is 14.8 Å². The van der Waals surface area contributed by atoms with Gasteiger partial charge >= 0.3 is 0 Å². The number of benzene rings is 1. The van der Waals surface area contributed by atoms with Crippen LogP contribution in [0.25, 0.3) is 11.0 Å². The number of hydrogen-bond acceptors (Lipinski definition) is 5. The number of morpholine rings is 1. The average molecular weight is 365 g/mol. The number of nitrogens with one attached hydrogen (secondary N) is 1. The molecule has 4 rings (SSSR count). The van der Waals surface area contributed by atoms with Crippen molar-refractivity contribution < 1.29 is 9.53 Å². The van der Waals surface area contributed by atoms with Crippen molar-refractivity contribution in [3.63, 3.8) is 0 Å². The molecular formula is C20H23N5O2. The predicted octanol–water partition coefficient (Wildman–Crippen LogP) is 3.10. The Morgan fingerprint density at radius 3 is 2.74 bits per heavy atom. The highest BCUT2D eigenvalue weighted by atomic mass is 16.5. The molecule has 0 bridgehead atoms. The molecule has 1 aromatic carbocycles. The van der Waals surface area contributed by atoms with Gasteiger partial charge in [-0.25, -0.2) is 9.67 Å². The number of para-hydroxylation sites is 2. The molecule has 3 heterocycles. The average Bonchev–Trinajstić information content (AvgIpc) is 3.12. The van der Waals surface area contributed by atoms with Gasteiger partial charge in [0.05, 0.1) is 36.3 Å². The second kappa shape index (κ2) is 7.36. The summed E-state index contributed by atoms with van der Waals surface area (Å²) < 4.78 is 7.28. The van der Waals surface area contributed by atoms with Crippen LogP contribution in [0, 0.1) is 0 Å². The van der Waals surface area contributed by atoms with Crippen LogP contribution in [0.4, 0.5) is 11.4 Å². The summed E-state index contributed by atoms with van der Waals surface area (Å²) in [6.07, 6.45) is 3.36. The Hall–Kier alpha value is -2.93. The number of carbonyl (C=O) groups is 1. The third-order valence-corrected chi connectivity index (χ3v) is 4.69. The van der Waals surface area contributed by atoms with E-state index in [1.165, 1.54) is 0 Å². The van der Waals surface area contributed by atoms with E-state index >= 15 is 0 Å². The van der Waals surface area contributed by atoms with Crippen LogP contribution in [0.5, 0.6) is 0 Å². The summed E-state index contributed by atoms with van der Waals surface area (Å²) >= 11 is 0. The maximum atomic E-state index is 12.8. The first-order valence-electron chi connectivity index (χ1n) is 9.20. The molecule has 27 heavy (non-hydrogen) atoms. The smallest absolute Gasteiger partial charge is 0.257 e. The minimum absolute atomic E-state index is 0.178. The van der Waals surface area contributed by atoms with Crippen LogP contribution < -0.4 is 10.2 Å². The molecule has 0 spiro atoms. The summed E-state index contributed by atoms with van der Waals surface area (Å²) in [5.41, 5.74) is 3.11. The Labute approximate surface area is 157 Å². The lowest BCUT2D eigenvalue weighted by atomic mass is 10.2. The van der Waals surface area contributed by atoms with Crippen LogP contribution in [-0.2, 0) is 4.74 Å². The molecule has 2 aromatic heterocycles. The van der Waals surface area contributed by atoms with E-state index in [0.29, 0.717) is 18.8 Å². The Bertz CT molecular complexity index is 960. The summed E-state index contributed by atoms with van der Waals surface area (Å²) in [7, 11) is 0. The van der Waals surface area contributed by atoms with Crippen molar-refractivity contribution in [3.8, 4) is 0 Å². The van der Waals surface area contributed by atoms with Crippen LogP contribution in [0.1, 0.15) is 30.2 Å². The number of fused-ring (bicyclic) bond motifs is 1. The predicted molar refractivity (Wildman–Crippen MR) is 105 cm³/mol. The first kappa shape index (κ1) is 17.5. The normalized spacial score (nSPS) is 14.7. The molecule has 0 aliphatic carbocycles. The van der Waals surface area contributed by atoms with Crippen LogP contribution in [0.3, 0.4) is 0 Å². The van der Waals surface area contributed by atoms with E-state index in [0.717, 1.165) is 35.5 Å². The topological polar surface area (TPSA) is 72.3 Å². The molecule has 0 saturated carbocycles. The highest BCUT2D eigenvalue weighted by Gasteiger charge is 2.17. The molecule has 0 radical (unpaired) electrons. The Kier molecular flexibility index (Phi) is 4.77. The van der Waals surface area contributed by atoms with E-state index in [1.54, 1.807) is 12.4 Å². The van der Waals surface area contributed by atoms with Crippen molar-refractivity contribution in [2.75, 3.05) is 36.5 Å². The van der Waals surface area contributed by atoms with Gasteiger partial charge in [-0.1, -0.05) is 12.1 Å². The van der Waals surface area contributed by atoms with E-state index < -0.39 is 0 Å². The largest absolute Gasteiger partial charge is 0.378 e. The molecule has 0 unspecified atom stereocenters. The fraction of sp³-hybridized carbons (Fsp3) is 0.350. The zero-order valence-corrected chi connectivity index (χ0v) is 15.6. The second-order valence-corrected chi connectivity index (χ2v) is 6.89. The van der Waals surface area contributed by atoms with Crippen molar-refractivity contribution in [3.05, 3.63) is 48.3 Å². The number of anilines is 2. The SMILES string of the molecule is CC(C)n1ncc2cc(C(=O)Nc3ccccc3N3CCOCC3)cnc21. The molecule has 7 heteroatoms. The fourth-order valence-electron chi connectivity index (χ4n) is 3.30. The van der Waals surface area contributed by atoms with Gasteiger partial charge in [-0.3, -0.25) is 4.79 Å². The molecule has 3 aromatic rings. The van der Waals surface area contributed by atoms with Crippen LogP contribution in [-0.4, -0.2) is 47.0 Å². The standard InChI is InChI=1S/C20H23N5O2/c1-14(2)25-19-15(13-22-25)11-16(12-21-19)20(26)23-17-5-3-4-6-18(17)24-7-9-27-10-8-24/h3-6,11-14H,7-10H2,1-2H3,(H,23,26). The van der Waals surface area contributed by atoms with E-state index in [4.69, 9.17) is 4.74 Å². The van der Waals surface area contributed by atoms with Gasteiger partial charge in [0.1, 0.15) is 0 Å². The Morgan fingerprint density at radius 2 is 1.96 bits per heavy atom. The van der Waals surface area contributed by atoms with E-state index in [9.17, 15) is 4.79 Å². The summed E-state index contributed by atoms with van der Waals surface area (Å²) in [5.74, 6) is -0.178. The third-order valence-electron chi connectivity index (χ3n) is 4.69. The minimum atomic E-state index is -0.178. The number of amides is 1. The van der Waals surface area contributed by atoms with Gasteiger partial charge in [0.2, 0.25) is 0 Å². The van der Waals surface area contributed by atoms with E-state index in [2.05, 4.69) is 34.1 Å². The molecule has 1 aliphatic heterocycles. The molecule has 1 fully saturated rings. The number of hydrogen-bond donors (Lipinski definition) is 1. The molecule has 1 amide bonds. The van der Waals surface area contributed by atoms with Gasteiger partial charge < -0.3 is 15.0 Å². The lowest BCUT2D eigenvalue weighted by Crippen LogP contribution is -2.36. The quantitative estimate of drug-likeness (QED) is 0.769. The monoisotopic (exact) mass is 365 g/mol. The third kappa shape index (κ3) is 3.50. The summed E-state index contributed by atoms with van der Waals surface area (Å²) in [5, 5.41) is 8.25. The molecule has 0 atom stereocenters. The van der Waals surface area contributed by atoms with E-state index in [-0.39, 0.29) is 11.9 Å². The zero-order chi connectivity index (χ0) is 18.8. The minimum Gasteiger partial charge on any atom is -0.378 e. The van der Waals surface area contributed by atoms with Crippen molar-refractivity contribution in [1.29, 1.82) is 0 Å². The number of nitrogens with zero attached hydrogens (tertiary/aromatic N) is 4. The van der Waals surface area contributed by atoms with Gasteiger partial charge in [-0.05, 0) is 32.0 Å². The van der Waals surface area contributed by atoms with E-state index in [1.807, 2.05) is 35.0 Å². The van der Waals surface area contributed by atoms with Gasteiger partial charge in [-0.2, -0.15) is 5.10 Å². The molecule has 140 valence electrons. The number of rotatable bonds is 4. The summed E-state index contributed by atoms with van der Waals surface area (Å²) in [6.45, 7) is 7.13. The number of ether oxygens (including phenoxy) is 1. The fourth-order valence-corrected chi connectivity index (χ4v) is 3.30. The highest BCUT2D eigenvalue weighted by Crippen LogP contribution is 2.27. The van der Waals surface area contributed by atoms with Crippen molar-refractivity contribution >= 4 is 28.3 Å². The number of aromatic nitrogens is 3. The number of pyridine rings is 1. The van der Waals surface area contributed by atoms with Crippen molar-refractivity contribution in [2.24, 2.45) is 0 Å². The maximum absolute atomic E-state index is 12.8. The molecule has 1 N–H and O–H groups in total. The zero-order valence-electron chi connectivity index (χ0n) is 15.6. The number of carbonyl (C=O) groups excluding carboxylic acids is 1. The van der Waals surface area contributed by atoms with Crippen LogP contribution in [0.15, 0.2) is 42.7 Å². The first-order valence-corrected chi connectivity index (χ1v) is 9.20. The first-order chi connectivity index (χ1) is 13.1. The van der Waals surface area contributed by atoms with Crippen LogP contribution >= 0.6 is 0 Å². The van der Waals surface area contributed by atoms with Crippen molar-refractivity contribution in [2.45, 2.75) is 19.9 Å². The summed E-state index contributed by atoms with van der Waals surface area (Å²) in [6, 6.07) is 9.90. The molecule has 7 nitrogen and oxygen atoms in total. The van der Waals surface area contributed by atoms with Gasteiger partial charge in [0.15, 0.2) is 5.65 Å². The molecule has 1 aliphatic rings.